The van der Waals surface area contributed by atoms with Crippen LogP contribution in [-0.2, 0) is 6.54 Å². The fourth-order valence-corrected chi connectivity index (χ4v) is 3.62. The van der Waals surface area contributed by atoms with Crippen LogP contribution in [0.4, 0.5) is 0 Å². The van der Waals surface area contributed by atoms with Gasteiger partial charge in [-0.15, -0.1) is 0 Å². The molecule has 0 amide bonds. The van der Waals surface area contributed by atoms with Crippen molar-refractivity contribution in [1.82, 2.24) is 10.2 Å². The molecule has 0 radical (unpaired) electrons. The van der Waals surface area contributed by atoms with E-state index in [1.807, 2.05) is 19.1 Å². The van der Waals surface area contributed by atoms with Crippen LogP contribution in [0, 0.1) is 0 Å². The number of ether oxygens (including phenoxy) is 2. The Kier molecular flexibility index (Phi) is 6.92. The fraction of sp³-hybridized carbons (Fsp3) is 0.455. The van der Waals surface area contributed by atoms with E-state index in [4.69, 9.17) is 9.47 Å². The van der Waals surface area contributed by atoms with Crippen molar-refractivity contribution in [3.63, 3.8) is 0 Å². The molecule has 4 nitrogen and oxygen atoms in total. The van der Waals surface area contributed by atoms with Gasteiger partial charge in [0.15, 0.2) is 0 Å². The van der Waals surface area contributed by atoms with Gasteiger partial charge in [0.05, 0.1) is 13.7 Å². The molecule has 1 aliphatic rings. The molecule has 4 heteroatoms. The number of likely N-dealkylation sites (tertiary alicyclic amines) is 1. The van der Waals surface area contributed by atoms with E-state index in [1.54, 1.807) is 7.11 Å². The summed E-state index contributed by atoms with van der Waals surface area (Å²) in [6.07, 6.45) is 2.58. The standard InChI is InChI=1S/C22H30N2O2/c1-3-26-21-11-6-8-18(14-21)16-23-17-22(24-12-4-5-13-24)19-9-7-10-20(15-19)25-2/h6-11,14-15,22-23H,3-5,12-13,16-17H2,1-2H3/t22-/m1/s1. The molecule has 1 aliphatic heterocycles. The van der Waals surface area contributed by atoms with Crippen LogP contribution in [0.15, 0.2) is 48.5 Å². The van der Waals surface area contributed by atoms with Gasteiger partial charge in [-0.1, -0.05) is 24.3 Å². The summed E-state index contributed by atoms with van der Waals surface area (Å²) in [5.41, 5.74) is 2.57. The Balaban J connectivity index is 1.65. The maximum absolute atomic E-state index is 5.60. The molecule has 0 saturated carbocycles. The summed E-state index contributed by atoms with van der Waals surface area (Å²) < 4.78 is 11.0. The predicted octanol–water partition coefficient (Wildman–Crippen LogP) is 4.02. The number of benzene rings is 2. The van der Waals surface area contributed by atoms with Gasteiger partial charge in [-0.05, 0) is 68.2 Å². The number of hydrogen-bond donors (Lipinski definition) is 1. The van der Waals surface area contributed by atoms with Crippen LogP contribution in [0.25, 0.3) is 0 Å². The van der Waals surface area contributed by atoms with Gasteiger partial charge in [-0.3, -0.25) is 4.90 Å². The Hall–Kier alpha value is -2.04. The Morgan fingerprint density at radius 2 is 1.81 bits per heavy atom. The average Bonchev–Trinajstić information content (AvgIpc) is 3.20. The smallest absolute Gasteiger partial charge is 0.119 e. The molecule has 0 bridgehead atoms. The quantitative estimate of drug-likeness (QED) is 0.737. The third-order valence-corrected chi connectivity index (χ3v) is 4.94. The molecule has 1 atom stereocenters. The monoisotopic (exact) mass is 354 g/mol. The van der Waals surface area contributed by atoms with E-state index in [0.717, 1.165) is 24.6 Å². The van der Waals surface area contributed by atoms with Gasteiger partial charge in [-0.25, -0.2) is 0 Å². The van der Waals surface area contributed by atoms with E-state index in [1.165, 1.54) is 37.1 Å². The van der Waals surface area contributed by atoms with Gasteiger partial charge < -0.3 is 14.8 Å². The molecule has 1 N–H and O–H groups in total. The summed E-state index contributed by atoms with van der Waals surface area (Å²) in [5, 5.41) is 3.65. The van der Waals surface area contributed by atoms with E-state index in [-0.39, 0.29) is 0 Å². The minimum atomic E-state index is 0.377. The van der Waals surface area contributed by atoms with Crippen molar-refractivity contribution in [2.45, 2.75) is 32.4 Å². The van der Waals surface area contributed by atoms with Gasteiger partial charge in [0.1, 0.15) is 11.5 Å². The molecule has 0 unspecified atom stereocenters. The second kappa shape index (κ2) is 9.60. The van der Waals surface area contributed by atoms with Crippen molar-refractivity contribution in [1.29, 1.82) is 0 Å². The highest BCUT2D eigenvalue weighted by molar-refractivity contribution is 5.31. The van der Waals surface area contributed by atoms with Gasteiger partial charge in [0.25, 0.3) is 0 Å². The van der Waals surface area contributed by atoms with Crippen LogP contribution in [-0.4, -0.2) is 38.3 Å². The van der Waals surface area contributed by atoms with Crippen molar-refractivity contribution in [2.75, 3.05) is 33.4 Å². The largest absolute Gasteiger partial charge is 0.497 e. The summed E-state index contributed by atoms with van der Waals surface area (Å²) in [6.45, 7) is 6.82. The molecule has 1 saturated heterocycles. The molecule has 3 rings (SSSR count). The van der Waals surface area contributed by atoms with Crippen molar-refractivity contribution >= 4 is 0 Å². The SMILES string of the molecule is CCOc1cccc(CNC[C@H](c2cccc(OC)c2)N2CCCC2)c1. The van der Waals surface area contributed by atoms with Gasteiger partial charge in [0, 0.05) is 19.1 Å². The minimum absolute atomic E-state index is 0.377. The van der Waals surface area contributed by atoms with Crippen molar-refractivity contribution in [3.8, 4) is 11.5 Å². The molecule has 140 valence electrons. The normalized spacial score (nSPS) is 15.8. The Labute approximate surface area is 157 Å². The van der Waals surface area contributed by atoms with Crippen LogP contribution in [0.1, 0.15) is 36.9 Å². The molecular formula is C22H30N2O2. The zero-order valence-corrected chi connectivity index (χ0v) is 15.9. The molecule has 0 spiro atoms. The lowest BCUT2D eigenvalue weighted by atomic mass is 10.0. The van der Waals surface area contributed by atoms with Gasteiger partial charge in [-0.2, -0.15) is 0 Å². The Bertz CT molecular complexity index is 683. The van der Waals surface area contributed by atoms with E-state index < -0.39 is 0 Å². The van der Waals surface area contributed by atoms with Crippen LogP contribution in [0.5, 0.6) is 11.5 Å². The molecule has 2 aromatic rings. The van der Waals surface area contributed by atoms with E-state index in [9.17, 15) is 0 Å². The Morgan fingerprint density at radius 1 is 1.04 bits per heavy atom. The molecule has 1 heterocycles. The number of rotatable bonds is 9. The lowest BCUT2D eigenvalue weighted by molar-refractivity contribution is 0.238. The molecule has 0 aliphatic carbocycles. The van der Waals surface area contributed by atoms with E-state index in [0.29, 0.717) is 12.6 Å². The van der Waals surface area contributed by atoms with Crippen molar-refractivity contribution in [2.24, 2.45) is 0 Å². The summed E-state index contributed by atoms with van der Waals surface area (Å²) in [6, 6.07) is 17.2. The zero-order valence-electron chi connectivity index (χ0n) is 15.9. The molecule has 1 fully saturated rings. The first kappa shape index (κ1) is 18.7. The third kappa shape index (κ3) is 4.99. The first-order valence-corrected chi connectivity index (χ1v) is 9.60. The maximum Gasteiger partial charge on any atom is 0.119 e. The van der Waals surface area contributed by atoms with Crippen LogP contribution in [0.2, 0.25) is 0 Å². The second-order valence-electron chi connectivity index (χ2n) is 6.75. The first-order valence-electron chi connectivity index (χ1n) is 9.60. The summed E-state index contributed by atoms with van der Waals surface area (Å²) in [4.78, 5) is 2.58. The first-order chi connectivity index (χ1) is 12.8. The van der Waals surface area contributed by atoms with Gasteiger partial charge in [0.2, 0.25) is 0 Å². The Morgan fingerprint density at radius 3 is 2.58 bits per heavy atom. The average molecular weight is 354 g/mol. The van der Waals surface area contributed by atoms with Crippen molar-refractivity contribution in [3.05, 3.63) is 59.7 Å². The number of nitrogens with one attached hydrogen (secondary N) is 1. The molecule has 2 aromatic carbocycles. The van der Waals surface area contributed by atoms with Crippen LogP contribution >= 0.6 is 0 Å². The molecule has 0 aromatic heterocycles. The van der Waals surface area contributed by atoms with Crippen LogP contribution in [0.3, 0.4) is 0 Å². The highest BCUT2D eigenvalue weighted by Crippen LogP contribution is 2.27. The number of methoxy groups -OCH3 is 1. The molecule has 26 heavy (non-hydrogen) atoms. The van der Waals surface area contributed by atoms with Crippen molar-refractivity contribution < 1.29 is 9.47 Å². The van der Waals surface area contributed by atoms with Crippen LogP contribution < -0.4 is 14.8 Å². The predicted molar refractivity (Wildman–Crippen MR) is 106 cm³/mol. The zero-order chi connectivity index (χ0) is 18.2. The van der Waals surface area contributed by atoms with E-state index >= 15 is 0 Å². The summed E-state index contributed by atoms with van der Waals surface area (Å²) >= 11 is 0. The summed E-state index contributed by atoms with van der Waals surface area (Å²) in [5.74, 6) is 1.87. The number of hydrogen-bond acceptors (Lipinski definition) is 4. The lowest BCUT2D eigenvalue weighted by Crippen LogP contribution is -2.34. The lowest BCUT2D eigenvalue weighted by Gasteiger charge is -2.28. The topological polar surface area (TPSA) is 33.7 Å². The van der Waals surface area contributed by atoms with Gasteiger partial charge >= 0.3 is 0 Å². The maximum atomic E-state index is 5.60. The molecular weight excluding hydrogens is 324 g/mol. The minimum Gasteiger partial charge on any atom is -0.497 e. The highest BCUT2D eigenvalue weighted by atomic mass is 16.5. The highest BCUT2D eigenvalue weighted by Gasteiger charge is 2.23. The fourth-order valence-electron chi connectivity index (χ4n) is 3.62. The second-order valence-corrected chi connectivity index (χ2v) is 6.75. The van der Waals surface area contributed by atoms with E-state index in [2.05, 4.69) is 46.6 Å². The summed E-state index contributed by atoms with van der Waals surface area (Å²) in [7, 11) is 1.73. The number of nitrogens with zero attached hydrogens (tertiary/aromatic N) is 1. The third-order valence-electron chi connectivity index (χ3n) is 4.94.